The average Bonchev–Trinajstić information content (AvgIpc) is 2.87. The van der Waals surface area contributed by atoms with Gasteiger partial charge in [-0.1, -0.05) is 19.1 Å². The van der Waals surface area contributed by atoms with Crippen molar-refractivity contribution in [3.05, 3.63) is 46.4 Å². The molecule has 0 saturated carbocycles. The monoisotopic (exact) mass is 332 g/mol. The predicted octanol–water partition coefficient (Wildman–Crippen LogP) is 2.63. The number of anilines is 1. The first kappa shape index (κ1) is 15.5. The Hall–Kier alpha value is -2.35. The minimum Gasteiger partial charge on any atom is -0.358 e. The van der Waals surface area contributed by atoms with Gasteiger partial charge in [0.05, 0.1) is 5.69 Å². The van der Waals surface area contributed by atoms with Gasteiger partial charge in [0.25, 0.3) is 0 Å². The zero-order chi connectivity index (χ0) is 16.6. The van der Waals surface area contributed by atoms with Crippen molar-refractivity contribution in [2.45, 2.75) is 30.5 Å². The van der Waals surface area contributed by atoms with E-state index in [1.165, 1.54) is 10.8 Å². The number of carbonyl (C=O) groups excluding carboxylic acids is 1. The molecule has 1 aliphatic heterocycles. The molecule has 1 aliphatic rings. The van der Waals surface area contributed by atoms with Crippen LogP contribution < -0.4 is 4.90 Å². The summed E-state index contributed by atoms with van der Waals surface area (Å²) in [6.07, 6.45) is 1.31. The Bertz CT molecular complexity index is 774. The highest BCUT2D eigenvalue weighted by atomic mass is 32.2. The topological polar surface area (TPSA) is 81.3 Å². The third-order valence-corrected chi connectivity index (χ3v) is 4.83. The molecule has 0 spiro atoms. The van der Waals surface area contributed by atoms with Crippen LogP contribution in [0, 0.1) is 17.0 Å². The van der Waals surface area contributed by atoms with Gasteiger partial charge < -0.3 is 15.0 Å². The summed E-state index contributed by atoms with van der Waals surface area (Å²) >= 11 is 1.75. The molecular weight excluding hydrogens is 316 g/mol. The molecule has 0 bridgehead atoms. The van der Waals surface area contributed by atoms with Gasteiger partial charge in [-0.2, -0.15) is 0 Å². The smallest absolute Gasteiger partial charge is 0.358 e. The van der Waals surface area contributed by atoms with Crippen LogP contribution in [0.5, 0.6) is 0 Å². The Labute approximate surface area is 137 Å². The number of benzene rings is 1. The first-order valence-electron chi connectivity index (χ1n) is 7.20. The van der Waals surface area contributed by atoms with Crippen LogP contribution in [0.25, 0.3) is 0 Å². The summed E-state index contributed by atoms with van der Waals surface area (Å²) in [5.41, 5.74) is 0.896. The number of carbonyl (C=O) groups is 1. The second-order valence-electron chi connectivity index (χ2n) is 5.43. The molecule has 8 heteroatoms. The molecular formula is C15H16N4O3S. The van der Waals surface area contributed by atoms with Crippen molar-refractivity contribution in [2.24, 2.45) is 0 Å². The van der Waals surface area contributed by atoms with Crippen LogP contribution in [0.1, 0.15) is 12.7 Å². The molecule has 0 N–H and O–H groups in total. The van der Waals surface area contributed by atoms with Gasteiger partial charge in [0.1, 0.15) is 12.7 Å². The van der Waals surface area contributed by atoms with Gasteiger partial charge in [-0.15, -0.1) is 11.8 Å². The molecule has 1 aromatic heterocycles. The summed E-state index contributed by atoms with van der Waals surface area (Å²) in [4.78, 5) is 29.6. The lowest BCUT2D eigenvalue weighted by Crippen LogP contribution is -2.40. The molecule has 1 aromatic carbocycles. The average molecular weight is 332 g/mol. The minimum atomic E-state index is -0.553. The number of nitro groups is 1. The van der Waals surface area contributed by atoms with Crippen molar-refractivity contribution >= 4 is 29.2 Å². The summed E-state index contributed by atoms with van der Waals surface area (Å²) in [5.74, 6) is 0.121. The number of hydrogen-bond donors (Lipinski definition) is 0. The highest BCUT2D eigenvalue weighted by Crippen LogP contribution is 2.38. The number of amides is 1. The Morgan fingerprint density at radius 1 is 1.48 bits per heavy atom. The first-order chi connectivity index (χ1) is 11.0. The van der Waals surface area contributed by atoms with E-state index in [1.54, 1.807) is 23.6 Å². The van der Waals surface area contributed by atoms with Gasteiger partial charge in [0, 0.05) is 23.6 Å². The van der Waals surface area contributed by atoms with Crippen LogP contribution in [0.2, 0.25) is 0 Å². The lowest BCUT2D eigenvalue weighted by molar-refractivity contribution is -0.389. The maximum Gasteiger partial charge on any atom is 0.381 e. The van der Waals surface area contributed by atoms with Crippen molar-refractivity contribution < 1.29 is 9.72 Å². The number of hydrogen-bond acceptors (Lipinski definition) is 5. The predicted molar refractivity (Wildman–Crippen MR) is 87.7 cm³/mol. The van der Waals surface area contributed by atoms with Crippen molar-refractivity contribution in [2.75, 3.05) is 11.4 Å². The van der Waals surface area contributed by atoms with Gasteiger partial charge in [0.15, 0.2) is 0 Å². The summed E-state index contributed by atoms with van der Waals surface area (Å²) < 4.78 is 1.52. The molecule has 120 valence electrons. The maximum atomic E-state index is 12.7. The first-order valence-corrected chi connectivity index (χ1v) is 8.08. The summed E-state index contributed by atoms with van der Waals surface area (Å²) in [6, 6.07) is 7.79. The van der Waals surface area contributed by atoms with Crippen molar-refractivity contribution in [1.29, 1.82) is 0 Å². The summed E-state index contributed by atoms with van der Waals surface area (Å²) in [6.45, 7) is 4.39. The molecule has 3 rings (SSSR count). The molecule has 0 saturated heterocycles. The van der Waals surface area contributed by atoms with Crippen molar-refractivity contribution in [3.8, 4) is 0 Å². The Morgan fingerprint density at radius 3 is 2.91 bits per heavy atom. The van der Waals surface area contributed by atoms with E-state index in [4.69, 9.17) is 0 Å². The largest absolute Gasteiger partial charge is 0.381 e. The van der Waals surface area contributed by atoms with E-state index >= 15 is 0 Å². The Morgan fingerprint density at radius 2 is 2.22 bits per heavy atom. The molecule has 0 fully saturated rings. The molecule has 1 unspecified atom stereocenters. The van der Waals surface area contributed by atoms with E-state index in [-0.39, 0.29) is 18.3 Å². The van der Waals surface area contributed by atoms with Crippen LogP contribution in [-0.2, 0) is 11.3 Å². The molecule has 7 nitrogen and oxygen atoms in total. The van der Waals surface area contributed by atoms with E-state index in [9.17, 15) is 14.9 Å². The molecule has 2 heterocycles. The highest BCUT2D eigenvalue weighted by Gasteiger charge is 2.27. The van der Waals surface area contributed by atoms with E-state index in [0.29, 0.717) is 17.6 Å². The number of aromatic nitrogens is 2. The Kier molecular flexibility index (Phi) is 4.08. The number of para-hydroxylation sites is 1. The van der Waals surface area contributed by atoms with Gasteiger partial charge in [-0.25, -0.2) is 0 Å². The zero-order valence-corrected chi connectivity index (χ0v) is 13.6. The number of rotatable bonds is 3. The highest BCUT2D eigenvalue weighted by molar-refractivity contribution is 8.00. The normalized spacial score (nSPS) is 17.0. The molecule has 0 radical (unpaired) electrons. The van der Waals surface area contributed by atoms with Crippen LogP contribution in [0.3, 0.4) is 0 Å². The fourth-order valence-electron chi connectivity index (χ4n) is 2.60. The van der Waals surface area contributed by atoms with Crippen LogP contribution in [0.15, 0.2) is 35.4 Å². The van der Waals surface area contributed by atoms with E-state index < -0.39 is 4.92 Å². The van der Waals surface area contributed by atoms with Gasteiger partial charge in [-0.3, -0.25) is 9.36 Å². The summed E-state index contributed by atoms with van der Waals surface area (Å²) in [5, 5.41) is 11.1. The Balaban J connectivity index is 1.85. The molecule has 2 aromatic rings. The van der Waals surface area contributed by atoms with Gasteiger partial charge in [0.2, 0.25) is 11.7 Å². The molecule has 0 aliphatic carbocycles. The number of thioether (sulfide) groups is 1. The number of nitrogens with zero attached hydrogens (tertiary/aromatic N) is 4. The number of imidazole rings is 1. The molecule has 23 heavy (non-hydrogen) atoms. The quantitative estimate of drug-likeness (QED) is 0.637. The molecule has 1 amide bonds. The second kappa shape index (κ2) is 6.04. The second-order valence-corrected chi connectivity index (χ2v) is 6.91. The van der Waals surface area contributed by atoms with Gasteiger partial charge >= 0.3 is 5.82 Å². The van der Waals surface area contributed by atoms with Crippen LogP contribution in [-0.4, -0.2) is 32.2 Å². The van der Waals surface area contributed by atoms with E-state index in [1.807, 2.05) is 24.3 Å². The van der Waals surface area contributed by atoms with Gasteiger partial charge in [-0.05, 0) is 22.0 Å². The van der Waals surface area contributed by atoms with Crippen LogP contribution >= 0.6 is 11.8 Å². The summed E-state index contributed by atoms with van der Waals surface area (Å²) in [7, 11) is 0. The molecule has 1 atom stereocenters. The van der Waals surface area contributed by atoms with Crippen molar-refractivity contribution in [1.82, 2.24) is 9.55 Å². The minimum absolute atomic E-state index is 0.0401. The SMILES string of the molecule is Cc1nc([N+](=O)[O-])cn1CC(=O)N1CC(C)Sc2ccccc21. The number of aryl methyl sites for hydroxylation is 1. The third kappa shape index (κ3) is 3.07. The standard InChI is InChI=1S/C15H16N4O3S/c1-10-7-18(12-5-3-4-6-13(12)23-10)15(20)9-17-8-14(19(21)22)16-11(17)2/h3-6,8,10H,7,9H2,1-2H3. The van der Waals surface area contributed by atoms with Crippen LogP contribution in [0.4, 0.5) is 11.5 Å². The number of fused-ring (bicyclic) bond motifs is 1. The zero-order valence-electron chi connectivity index (χ0n) is 12.8. The lowest BCUT2D eigenvalue weighted by Gasteiger charge is -2.32. The van der Waals surface area contributed by atoms with E-state index in [0.717, 1.165) is 10.6 Å². The fourth-order valence-corrected chi connectivity index (χ4v) is 3.71. The third-order valence-electron chi connectivity index (χ3n) is 3.68. The van der Waals surface area contributed by atoms with Crippen molar-refractivity contribution in [3.63, 3.8) is 0 Å². The van der Waals surface area contributed by atoms with E-state index in [2.05, 4.69) is 11.9 Å². The maximum absolute atomic E-state index is 12.7. The lowest BCUT2D eigenvalue weighted by atomic mass is 10.2. The fraction of sp³-hybridized carbons (Fsp3) is 0.333.